The summed E-state index contributed by atoms with van der Waals surface area (Å²) in [4.78, 5) is 12.8. The van der Waals surface area contributed by atoms with E-state index in [2.05, 4.69) is 15.0 Å². The zero-order valence-electron chi connectivity index (χ0n) is 12.4. The molecular formula is C15H17FN6. The summed E-state index contributed by atoms with van der Waals surface area (Å²) in [6.07, 6.45) is 0.550. The van der Waals surface area contributed by atoms with Crippen LogP contribution in [0.2, 0.25) is 0 Å². The number of rotatable bonds is 3. The summed E-state index contributed by atoms with van der Waals surface area (Å²) in [6.45, 7) is 4.06. The van der Waals surface area contributed by atoms with Crippen LogP contribution in [0.4, 0.5) is 16.2 Å². The molecule has 0 aliphatic heterocycles. The van der Waals surface area contributed by atoms with E-state index in [4.69, 9.17) is 11.5 Å². The molecule has 0 saturated carbocycles. The van der Waals surface area contributed by atoms with Gasteiger partial charge >= 0.3 is 0 Å². The quantitative estimate of drug-likeness (QED) is 0.773. The van der Waals surface area contributed by atoms with Crippen LogP contribution in [-0.4, -0.2) is 19.5 Å². The van der Waals surface area contributed by atoms with Crippen molar-refractivity contribution in [2.45, 2.75) is 26.3 Å². The van der Waals surface area contributed by atoms with E-state index in [1.807, 2.05) is 18.4 Å². The summed E-state index contributed by atoms with van der Waals surface area (Å²) >= 11 is 0. The minimum absolute atomic E-state index is 0.125. The lowest BCUT2D eigenvalue weighted by Crippen LogP contribution is -2.09. The molecule has 0 saturated heterocycles. The molecule has 3 rings (SSSR count). The summed E-state index contributed by atoms with van der Waals surface area (Å²) in [5.41, 5.74) is 13.7. The molecule has 7 heteroatoms. The second-order valence-corrected chi connectivity index (χ2v) is 5.43. The smallest absolute Gasteiger partial charge is 0.224 e. The normalized spacial score (nSPS) is 11.5. The van der Waals surface area contributed by atoms with Gasteiger partial charge < -0.3 is 16.0 Å². The molecule has 0 aliphatic carbocycles. The fraction of sp³-hybridized carbons (Fsp3) is 0.267. The molecule has 0 unspecified atom stereocenters. The van der Waals surface area contributed by atoms with E-state index < -0.39 is 0 Å². The minimum atomic E-state index is -0.260. The van der Waals surface area contributed by atoms with Gasteiger partial charge in [0.05, 0.1) is 0 Å². The van der Waals surface area contributed by atoms with E-state index in [1.54, 1.807) is 12.1 Å². The van der Waals surface area contributed by atoms with Crippen molar-refractivity contribution in [1.29, 1.82) is 0 Å². The summed E-state index contributed by atoms with van der Waals surface area (Å²) in [6, 6.07) is 6.48. The van der Waals surface area contributed by atoms with Crippen LogP contribution in [0, 0.1) is 5.82 Å². The zero-order valence-corrected chi connectivity index (χ0v) is 12.4. The Kier molecular flexibility index (Phi) is 3.40. The molecular weight excluding hydrogens is 283 g/mol. The van der Waals surface area contributed by atoms with Crippen LogP contribution in [0.25, 0.3) is 11.2 Å². The van der Waals surface area contributed by atoms with Crippen LogP contribution in [-0.2, 0) is 6.42 Å². The van der Waals surface area contributed by atoms with Gasteiger partial charge in [0.15, 0.2) is 17.0 Å². The SMILES string of the molecule is CC(C)n1c(Cc2ccc(F)cc2)nc2c(N)nc(N)nc21. The fourth-order valence-corrected chi connectivity index (χ4v) is 2.51. The number of imidazole rings is 1. The maximum atomic E-state index is 13.0. The molecule has 0 fully saturated rings. The maximum Gasteiger partial charge on any atom is 0.224 e. The number of fused-ring (bicyclic) bond motifs is 1. The fourth-order valence-electron chi connectivity index (χ4n) is 2.51. The van der Waals surface area contributed by atoms with Crippen LogP contribution < -0.4 is 11.5 Å². The maximum absolute atomic E-state index is 13.0. The van der Waals surface area contributed by atoms with Gasteiger partial charge in [-0.15, -0.1) is 0 Å². The topological polar surface area (TPSA) is 95.6 Å². The zero-order chi connectivity index (χ0) is 15.9. The van der Waals surface area contributed by atoms with Crippen LogP contribution in [0.5, 0.6) is 0 Å². The van der Waals surface area contributed by atoms with Crippen LogP contribution >= 0.6 is 0 Å². The summed E-state index contributed by atoms with van der Waals surface area (Å²) in [5.74, 6) is 0.926. The molecule has 0 radical (unpaired) electrons. The Morgan fingerprint density at radius 3 is 2.41 bits per heavy atom. The monoisotopic (exact) mass is 300 g/mol. The number of benzene rings is 1. The lowest BCUT2D eigenvalue weighted by molar-refractivity contribution is 0.586. The lowest BCUT2D eigenvalue weighted by atomic mass is 10.1. The van der Waals surface area contributed by atoms with Gasteiger partial charge in [-0.1, -0.05) is 12.1 Å². The van der Waals surface area contributed by atoms with Crippen molar-refractivity contribution in [2.24, 2.45) is 0 Å². The van der Waals surface area contributed by atoms with Gasteiger partial charge in [0.1, 0.15) is 11.6 Å². The lowest BCUT2D eigenvalue weighted by Gasteiger charge is -2.12. The van der Waals surface area contributed by atoms with Crippen LogP contribution in [0.3, 0.4) is 0 Å². The number of nitrogens with two attached hydrogens (primary N) is 2. The largest absolute Gasteiger partial charge is 0.382 e. The van der Waals surface area contributed by atoms with E-state index in [1.165, 1.54) is 12.1 Å². The van der Waals surface area contributed by atoms with Crippen molar-refractivity contribution in [3.05, 3.63) is 41.5 Å². The Hall–Kier alpha value is -2.70. The van der Waals surface area contributed by atoms with Gasteiger partial charge in [-0.05, 0) is 31.5 Å². The molecule has 1 aromatic carbocycles. The average molecular weight is 300 g/mol. The summed E-state index contributed by atoms with van der Waals surface area (Å²) in [7, 11) is 0. The molecule has 3 aromatic rings. The van der Waals surface area contributed by atoms with Crippen molar-refractivity contribution < 1.29 is 4.39 Å². The number of halogens is 1. The third kappa shape index (κ3) is 2.45. The highest BCUT2D eigenvalue weighted by molar-refractivity contribution is 5.83. The molecule has 2 aromatic heterocycles. The second kappa shape index (κ2) is 5.25. The van der Waals surface area contributed by atoms with Gasteiger partial charge in [0.25, 0.3) is 0 Å². The summed E-state index contributed by atoms with van der Waals surface area (Å²) in [5, 5.41) is 0. The number of anilines is 2. The van der Waals surface area contributed by atoms with Gasteiger partial charge in [0.2, 0.25) is 5.95 Å². The van der Waals surface area contributed by atoms with E-state index in [9.17, 15) is 4.39 Å². The first-order chi connectivity index (χ1) is 10.5. The number of hydrogen-bond donors (Lipinski definition) is 2. The summed E-state index contributed by atoms with van der Waals surface area (Å²) < 4.78 is 15.0. The minimum Gasteiger partial charge on any atom is -0.382 e. The van der Waals surface area contributed by atoms with Crippen molar-refractivity contribution in [3.8, 4) is 0 Å². The number of aromatic nitrogens is 4. The molecule has 4 N–H and O–H groups in total. The average Bonchev–Trinajstić information content (AvgIpc) is 2.80. The van der Waals surface area contributed by atoms with Gasteiger partial charge in [-0.25, -0.2) is 9.37 Å². The number of nitrogens with zero attached hydrogens (tertiary/aromatic N) is 4. The van der Waals surface area contributed by atoms with Crippen molar-refractivity contribution in [3.63, 3.8) is 0 Å². The molecule has 114 valence electrons. The Labute approximate surface area is 127 Å². The van der Waals surface area contributed by atoms with E-state index in [0.717, 1.165) is 11.4 Å². The van der Waals surface area contributed by atoms with Gasteiger partial charge in [0, 0.05) is 12.5 Å². The third-order valence-corrected chi connectivity index (χ3v) is 3.45. The Morgan fingerprint density at radius 1 is 1.09 bits per heavy atom. The molecule has 6 nitrogen and oxygen atoms in total. The molecule has 0 amide bonds. The molecule has 2 heterocycles. The predicted molar refractivity (Wildman–Crippen MR) is 83.7 cm³/mol. The molecule has 0 bridgehead atoms. The van der Waals surface area contributed by atoms with Gasteiger partial charge in [-0.3, -0.25) is 0 Å². The van der Waals surface area contributed by atoms with E-state index >= 15 is 0 Å². The first kappa shape index (κ1) is 14.2. The van der Waals surface area contributed by atoms with Crippen LogP contribution in [0.1, 0.15) is 31.3 Å². The Morgan fingerprint density at radius 2 is 1.77 bits per heavy atom. The Bertz CT molecular complexity index is 822. The number of hydrogen-bond acceptors (Lipinski definition) is 5. The molecule has 0 atom stereocenters. The van der Waals surface area contributed by atoms with E-state index in [-0.39, 0.29) is 23.6 Å². The Balaban J connectivity index is 2.14. The first-order valence-electron chi connectivity index (χ1n) is 7.00. The van der Waals surface area contributed by atoms with Gasteiger partial charge in [-0.2, -0.15) is 9.97 Å². The van der Waals surface area contributed by atoms with Crippen LogP contribution in [0.15, 0.2) is 24.3 Å². The van der Waals surface area contributed by atoms with E-state index in [0.29, 0.717) is 17.6 Å². The van der Waals surface area contributed by atoms with Crippen molar-refractivity contribution in [1.82, 2.24) is 19.5 Å². The highest BCUT2D eigenvalue weighted by Gasteiger charge is 2.18. The number of nitrogen functional groups attached to an aromatic ring is 2. The molecule has 22 heavy (non-hydrogen) atoms. The standard InChI is InChI=1S/C15H17FN6/c1-8(2)22-11(7-9-3-5-10(16)6-4-9)19-12-13(17)20-15(18)21-14(12)22/h3-6,8H,7H2,1-2H3,(H4,17,18,20,21). The van der Waals surface area contributed by atoms with Crippen molar-refractivity contribution >= 4 is 22.9 Å². The molecule has 0 aliphatic rings. The second-order valence-electron chi connectivity index (χ2n) is 5.43. The first-order valence-corrected chi connectivity index (χ1v) is 7.00. The predicted octanol–water partition coefficient (Wildman–Crippen LogP) is 2.30. The highest BCUT2D eigenvalue weighted by Crippen LogP contribution is 2.25. The van der Waals surface area contributed by atoms with Crippen molar-refractivity contribution in [2.75, 3.05) is 11.5 Å². The third-order valence-electron chi connectivity index (χ3n) is 3.45. The highest BCUT2D eigenvalue weighted by atomic mass is 19.1. The molecule has 0 spiro atoms.